The van der Waals surface area contributed by atoms with Crippen LogP contribution >= 0.6 is 0 Å². The normalized spacial score (nSPS) is 9.97. The zero-order chi connectivity index (χ0) is 23.9. The van der Waals surface area contributed by atoms with Crippen LogP contribution in [0.4, 0.5) is 0 Å². The van der Waals surface area contributed by atoms with E-state index in [1.807, 2.05) is 48.6 Å². The van der Waals surface area contributed by atoms with Gasteiger partial charge in [-0.1, -0.05) is 52.6 Å². The van der Waals surface area contributed by atoms with Crippen LogP contribution in [0.25, 0.3) is 0 Å². The highest BCUT2D eigenvalue weighted by Crippen LogP contribution is 2.08. The van der Waals surface area contributed by atoms with Crippen LogP contribution in [-0.4, -0.2) is 73.7 Å². The lowest BCUT2D eigenvalue weighted by atomic mass is 10.3. The second-order valence-corrected chi connectivity index (χ2v) is 6.76. The molecule has 0 amide bonds. The molecule has 0 atom stereocenters. The van der Waals surface area contributed by atoms with Crippen LogP contribution in [0.5, 0.6) is 0 Å². The molecule has 168 valence electrons. The van der Waals surface area contributed by atoms with Gasteiger partial charge in [-0.25, -0.2) is 0 Å². The summed E-state index contributed by atoms with van der Waals surface area (Å²) in [6.45, 7) is 37.7. The average Bonchev–Trinajstić information content (AvgIpc) is 2.64. The average molecular weight is 416 g/mol. The Balaban J connectivity index is -0.000000412. The van der Waals surface area contributed by atoms with Gasteiger partial charge in [0, 0.05) is 0 Å². The molecule has 0 aliphatic carbocycles. The van der Waals surface area contributed by atoms with Crippen LogP contribution in [0.15, 0.2) is 101 Å². The molecule has 6 heteroatoms. The highest BCUT2D eigenvalue weighted by Gasteiger charge is 2.21. The molecule has 0 saturated heterocycles. The Hall–Kier alpha value is -2.22. The molecule has 0 spiro atoms. The smallest absolute Gasteiger partial charge is 0.0978 e. The summed E-state index contributed by atoms with van der Waals surface area (Å²) in [6.07, 6.45) is 15.5. The van der Waals surface area contributed by atoms with E-state index in [-0.39, 0.29) is 0 Å². The van der Waals surface area contributed by atoms with Crippen molar-refractivity contribution in [1.29, 1.82) is 0 Å². The third kappa shape index (κ3) is 17.9. The summed E-state index contributed by atoms with van der Waals surface area (Å²) in [7, 11) is -2.67. The Bertz CT molecular complexity index is 393. The number of quaternary nitrogens is 2. The predicted molar refractivity (Wildman–Crippen MR) is 129 cm³/mol. The van der Waals surface area contributed by atoms with Crippen molar-refractivity contribution in [2.45, 2.75) is 0 Å². The van der Waals surface area contributed by atoms with Gasteiger partial charge >= 0.3 is 0 Å². The molecule has 1 N–H and O–H groups in total. The van der Waals surface area contributed by atoms with Crippen molar-refractivity contribution in [3.05, 3.63) is 101 Å². The van der Waals surface area contributed by atoms with E-state index in [0.29, 0.717) is 0 Å². The Kier molecular flexibility index (Phi) is 23.2. The van der Waals surface area contributed by atoms with Gasteiger partial charge in [-0.3, -0.25) is 0 Å². The fraction of sp³-hybridized carbons (Fsp3) is 0.333. The number of rotatable bonds is 16. The van der Waals surface area contributed by atoms with Crippen LogP contribution < -0.4 is 10.0 Å². The van der Waals surface area contributed by atoms with E-state index in [2.05, 4.69) is 52.6 Å². The summed E-state index contributed by atoms with van der Waals surface area (Å²) >= 11 is 0. The van der Waals surface area contributed by atoms with Crippen LogP contribution in [0.3, 0.4) is 0 Å². The van der Waals surface area contributed by atoms with Crippen molar-refractivity contribution in [2.75, 3.05) is 52.4 Å². The van der Waals surface area contributed by atoms with Crippen LogP contribution in [-0.2, 0) is 0 Å². The zero-order valence-corrected chi connectivity index (χ0v) is 18.7. The first-order valence-corrected chi connectivity index (χ1v) is 9.79. The monoisotopic (exact) mass is 416 g/mol. The minimum absolute atomic E-state index is 0.903. The second kappa shape index (κ2) is 21.5. The van der Waals surface area contributed by atoms with E-state index in [1.54, 1.807) is 0 Å². The fourth-order valence-corrected chi connectivity index (χ4v) is 3.09. The largest absolute Gasteiger partial charge is 0.871 e. The Morgan fingerprint density at radius 1 is 0.467 bits per heavy atom. The molecule has 0 aliphatic heterocycles. The van der Waals surface area contributed by atoms with E-state index in [1.165, 1.54) is 0 Å². The Morgan fingerprint density at radius 2 is 0.567 bits per heavy atom. The molecule has 30 heavy (non-hydrogen) atoms. The summed E-state index contributed by atoms with van der Waals surface area (Å²) in [6, 6.07) is 0. The van der Waals surface area contributed by atoms with Crippen LogP contribution in [0.2, 0.25) is 0 Å². The number of hydrogen-bond acceptors (Lipinski definition) is 3. The maximum Gasteiger partial charge on any atom is 0.0978 e. The van der Waals surface area contributed by atoms with E-state index in [9.17, 15) is 0 Å². The fourth-order valence-electron chi connectivity index (χ4n) is 3.09. The molecule has 0 saturated carbocycles. The van der Waals surface area contributed by atoms with Gasteiger partial charge in [0.1, 0.15) is 0 Å². The van der Waals surface area contributed by atoms with Gasteiger partial charge in [0.25, 0.3) is 0 Å². The SMILES string of the molecule is C=CC[N+](CC=C)(CC=C)CC=C.C=CC[N+](CC=C)(CC=C)CC=C.[O-]B([O-])O. The molecular weight excluding hydrogens is 375 g/mol. The standard InChI is InChI=1S/2C12H20N.BHO3/c2*1-5-9-13(10-6-2,11-7-3)12-8-4;2-1(3)4/h2*5-8H,1-4,9-12H2;2H/q2*+1;-2. The van der Waals surface area contributed by atoms with Gasteiger partial charge in [0.05, 0.1) is 59.7 Å². The van der Waals surface area contributed by atoms with Crippen molar-refractivity contribution >= 4 is 7.32 Å². The molecule has 0 aliphatic rings. The first-order chi connectivity index (χ1) is 14.2. The van der Waals surface area contributed by atoms with Gasteiger partial charge in [0.2, 0.25) is 0 Å². The topological polar surface area (TPSA) is 66.3 Å². The molecule has 0 bridgehead atoms. The minimum Gasteiger partial charge on any atom is -0.871 e. The van der Waals surface area contributed by atoms with Crippen LogP contribution in [0, 0.1) is 0 Å². The number of hydrogen-bond donors (Lipinski definition) is 1. The third-order valence-electron chi connectivity index (χ3n) is 4.13. The molecule has 5 nitrogen and oxygen atoms in total. The van der Waals surface area contributed by atoms with Gasteiger partial charge in [-0.15, -0.1) is 0 Å². The van der Waals surface area contributed by atoms with Crippen molar-refractivity contribution in [1.82, 2.24) is 0 Å². The summed E-state index contributed by atoms with van der Waals surface area (Å²) in [5.41, 5.74) is 0. The van der Waals surface area contributed by atoms with Crippen molar-refractivity contribution in [3.63, 3.8) is 0 Å². The maximum absolute atomic E-state index is 8.53. The van der Waals surface area contributed by atoms with Crippen molar-refractivity contribution in [3.8, 4) is 0 Å². The Labute approximate surface area is 185 Å². The minimum atomic E-state index is -2.67. The van der Waals surface area contributed by atoms with Crippen molar-refractivity contribution < 1.29 is 24.0 Å². The molecule has 0 radical (unpaired) electrons. The lowest BCUT2D eigenvalue weighted by Gasteiger charge is -2.35. The van der Waals surface area contributed by atoms with Crippen LogP contribution in [0.1, 0.15) is 0 Å². The molecule has 0 rings (SSSR count). The van der Waals surface area contributed by atoms with E-state index >= 15 is 0 Å². The second-order valence-electron chi connectivity index (χ2n) is 6.76. The number of nitrogens with zero attached hydrogens (tertiary/aromatic N) is 2. The molecular formula is C24H41BN2O3. The van der Waals surface area contributed by atoms with E-state index < -0.39 is 7.32 Å². The highest BCUT2D eigenvalue weighted by atomic mass is 16.5. The highest BCUT2D eigenvalue weighted by molar-refractivity contribution is 6.26. The lowest BCUT2D eigenvalue weighted by molar-refractivity contribution is -0.906. The third-order valence-corrected chi connectivity index (χ3v) is 4.13. The summed E-state index contributed by atoms with van der Waals surface area (Å²) in [5, 5.41) is 24.0. The van der Waals surface area contributed by atoms with E-state index in [4.69, 9.17) is 15.1 Å². The first kappa shape index (κ1) is 32.5. The lowest BCUT2D eigenvalue weighted by Crippen LogP contribution is -2.48. The van der Waals surface area contributed by atoms with E-state index in [0.717, 1.165) is 61.3 Å². The van der Waals surface area contributed by atoms with Gasteiger partial charge < -0.3 is 24.0 Å². The van der Waals surface area contributed by atoms with Gasteiger partial charge in [-0.05, 0) is 48.6 Å². The predicted octanol–water partition coefficient (Wildman–Crippen LogP) is 1.78. The molecule has 0 aromatic carbocycles. The summed E-state index contributed by atoms with van der Waals surface area (Å²) in [4.78, 5) is 0. The molecule has 0 aromatic heterocycles. The molecule has 0 heterocycles. The first-order valence-electron chi connectivity index (χ1n) is 9.79. The quantitative estimate of drug-likeness (QED) is 0.237. The summed E-state index contributed by atoms with van der Waals surface area (Å²) in [5.74, 6) is 0. The maximum atomic E-state index is 8.53. The Morgan fingerprint density at radius 3 is 0.633 bits per heavy atom. The molecule has 0 unspecified atom stereocenters. The summed E-state index contributed by atoms with van der Waals surface area (Å²) < 4.78 is 1.81. The zero-order valence-electron chi connectivity index (χ0n) is 18.7. The van der Waals surface area contributed by atoms with Gasteiger partial charge in [0.15, 0.2) is 0 Å². The van der Waals surface area contributed by atoms with Gasteiger partial charge in [-0.2, -0.15) is 0 Å². The molecule has 0 aromatic rings. The molecule has 0 fully saturated rings. The van der Waals surface area contributed by atoms with Crippen molar-refractivity contribution in [2.24, 2.45) is 0 Å².